The van der Waals surface area contributed by atoms with E-state index in [0.717, 1.165) is 6.21 Å². The zero-order valence-corrected chi connectivity index (χ0v) is 17.6. The lowest BCUT2D eigenvalue weighted by Gasteiger charge is -2.15. The molecule has 2 rings (SSSR count). The minimum atomic E-state index is -1.42. The number of halogens is 2. The van der Waals surface area contributed by atoms with Crippen LogP contribution in [0.25, 0.3) is 0 Å². The summed E-state index contributed by atoms with van der Waals surface area (Å²) in [5, 5.41) is 37.0. The molecule has 0 aliphatic rings. The largest absolute Gasteiger partial charge is 0.394 e. The highest BCUT2D eigenvalue weighted by atomic mass is 35.5. The van der Waals surface area contributed by atoms with Gasteiger partial charge in [-0.1, -0.05) is 23.2 Å². The number of hydrazone groups is 2. The minimum absolute atomic E-state index is 0.0266. The summed E-state index contributed by atoms with van der Waals surface area (Å²) in [5.74, 6) is -1.07. The van der Waals surface area contributed by atoms with Crippen LogP contribution >= 0.6 is 23.2 Å². The number of hydrogen-bond acceptors (Lipinski definition) is 7. The van der Waals surface area contributed by atoms with E-state index in [9.17, 15) is 19.8 Å². The van der Waals surface area contributed by atoms with E-state index in [1.54, 1.807) is 12.1 Å². The molecule has 2 aromatic carbocycles. The molecule has 9 nitrogen and oxygen atoms in total. The molecule has 0 aliphatic heterocycles. The SMILES string of the molecule is O=C(N/N=C/C(CC(O)C(O)CO)=N/NC(=O)c1ccc(Cl)cc1)c1ccc(Cl)cc1. The fourth-order valence-electron chi connectivity index (χ4n) is 2.22. The van der Waals surface area contributed by atoms with Gasteiger partial charge in [-0.2, -0.15) is 10.2 Å². The summed E-state index contributed by atoms with van der Waals surface area (Å²) in [5.41, 5.74) is 5.19. The van der Waals surface area contributed by atoms with Gasteiger partial charge >= 0.3 is 0 Å². The van der Waals surface area contributed by atoms with Gasteiger partial charge in [0.25, 0.3) is 11.8 Å². The number of aliphatic hydroxyl groups excluding tert-OH is 3. The van der Waals surface area contributed by atoms with Crippen molar-refractivity contribution in [3.8, 4) is 0 Å². The molecule has 0 saturated heterocycles. The fraction of sp³-hybridized carbons (Fsp3) is 0.200. The third-order valence-corrected chi connectivity index (χ3v) is 4.45. The Bertz CT molecular complexity index is 949. The highest BCUT2D eigenvalue weighted by Crippen LogP contribution is 2.10. The highest BCUT2D eigenvalue weighted by Gasteiger charge is 2.18. The summed E-state index contributed by atoms with van der Waals surface area (Å²) < 4.78 is 0. The molecule has 2 atom stereocenters. The summed E-state index contributed by atoms with van der Waals surface area (Å²) >= 11 is 11.6. The quantitative estimate of drug-likeness (QED) is 0.281. The van der Waals surface area contributed by atoms with Gasteiger partial charge in [0.2, 0.25) is 0 Å². The van der Waals surface area contributed by atoms with E-state index in [2.05, 4.69) is 21.1 Å². The van der Waals surface area contributed by atoms with Crippen molar-refractivity contribution in [1.82, 2.24) is 10.9 Å². The van der Waals surface area contributed by atoms with Gasteiger partial charge in [0, 0.05) is 27.6 Å². The Kier molecular flexibility index (Phi) is 9.57. The molecule has 2 unspecified atom stereocenters. The van der Waals surface area contributed by atoms with Gasteiger partial charge in [-0.05, 0) is 48.5 Å². The monoisotopic (exact) mass is 466 g/mol. The highest BCUT2D eigenvalue weighted by molar-refractivity contribution is 6.31. The van der Waals surface area contributed by atoms with E-state index in [1.807, 2.05) is 0 Å². The number of nitrogens with zero attached hydrogens (tertiary/aromatic N) is 2. The summed E-state index contributed by atoms with van der Waals surface area (Å²) in [6.07, 6.45) is -1.96. The normalized spacial score (nSPS) is 13.6. The van der Waals surface area contributed by atoms with E-state index in [4.69, 9.17) is 28.3 Å². The first-order valence-electron chi connectivity index (χ1n) is 8.98. The number of aliphatic hydroxyl groups is 3. The van der Waals surface area contributed by atoms with Crippen LogP contribution in [0.15, 0.2) is 58.7 Å². The number of amides is 2. The van der Waals surface area contributed by atoms with Gasteiger partial charge < -0.3 is 15.3 Å². The van der Waals surface area contributed by atoms with Gasteiger partial charge in [-0.3, -0.25) is 9.59 Å². The first kappa shape index (κ1) is 24.4. The number of nitrogens with one attached hydrogen (secondary N) is 2. The molecule has 0 fully saturated rings. The van der Waals surface area contributed by atoms with Crippen molar-refractivity contribution >= 4 is 46.9 Å². The third-order valence-electron chi connectivity index (χ3n) is 3.94. The van der Waals surface area contributed by atoms with Crippen LogP contribution in [-0.2, 0) is 0 Å². The Hall–Kier alpha value is -2.82. The maximum atomic E-state index is 12.2. The zero-order valence-electron chi connectivity index (χ0n) is 16.1. The first-order chi connectivity index (χ1) is 14.8. The zero-order chi connectivity index (χ0) is 22.8. The molecular formula is C20H20Cl2N4O5. The van der Waals surface area contributed by atoms with Crippen LogP contribution in [0.4, 0.5) is 0 Å². The van der Waals surface area contributed by atoms with Crippen molar-refractivity contribution in [2.24, 2.45) is 10.2 Å². The third kappa shape index (κ3) is 8.08. The molecule has 11 heteroatoms. The van der Waals surface area contributed by atoms with Gasteiger partial charge in [0.1, 0.15) is 6.10 Å². The van der Waals surface area contributed by atoms with Gasteiger partial charge in [-0.15, -0.1) is 0 Å². The summed E-state index contributed by atoms with van der Waals surface area (Å²) in [4.78, 5) is 24.3. The van der Waals surface area contributed by atoms with Crippen molar-refractivity contribution in [2.75, 3.05) is 6.61 Å². The molecule has 31 heavy (non-hydrogen) atoms. The van der Waals surface area contributed by atoms with Crippen molar-refractivity contribution in [3.63, 3.8) is 0 Å². The van der Waals surface area contributed by atoms with Crippen LogP contribution in [0.2, 0.25) is 10.0 Å². The number of hydrogen-bond donors (Lipinski definition) is 5. The molecule has 0 aliphatic carbocycles. The Morgan fingerprint density at radius 1 is 0.871 bits per heavy atom. The Labute approximate surface area is 188 Å². The molecular weight excluding hydrogens is 447 g/mol. The van der Waals surface area contributed by atoms with Crippen molar-refractivity contribution in [3.05, 3.63) is 69.7 Å². The predicted molar refractivity (Wildman–Crippen MR) is 117 cm³/mol. The van der Waals surface area contributed by atoms with Crippen LogP contribution in [0.1, 0.15) is 27.1 Å². The smallest absolute Gasteiger partial charge is 0.271 e. The van der Waals surface area contributed by atoms with Crippen LogP contribution in [0.3, 0.4) is 0 Å². The molecule has 0 radical (unpaired) electrons. The van der Waals surface area contributed by atoms with E-state index < -0.39 is 30.6 Å². The number of carbonyl (C=O) groups is 2. The maximum Gasteiger partial charge on any atom is 0.271 e. The number of carbonyl (C=O) groups excluding carboxylic acids is 2. The van der Waals surface area contributed by atoms with Crippen molar-refractivity contribution < 1.29 is 24.9 Å². The summed E-state index contributed by atoms with van der Waals surface area (Å²) in [6, 6.07) is 12.2. The molecule has 0 heterocycles. The first-order valence-corrected chi connectivity index (χ1v) is 9.74. The average molecular weight is 467 g/mol. The second kappa shape index (κ2) is 12.1. The lowest BCUT2D eigenvalue weighted by molar-refractivity contribution is -0.00975. The van der Waals surface area contributed by atoms with E-state index in [-0.39, 0.29) is 17.7 Å². The Morgan fingerprint density at radius 2 is 1.35 bits per heavy atom. The van der Waals surface area contributed by atoms with Crippen LogP contribution in [-0.4, -0.2) is 57.9 Å². The van der Waals surface area contributed by atoms with E-state index >= 15 is 0 Å². The maximum absolute atomic E-state index is 12.2. The fourth-order valence-corrected chi connectivity index (χ4v) is 2.47. The van der Waals surface area contributed by atoms with E-state index in [0.29, 0.717) is 15.6 Å². The topological polar surface area (TPSA) is 144 Å². The molecule has 5 N–H and O–H groups in total. The summed E-state index contributed by atoms with van der Waals surface area (Å²) in [7, 11) is 0. The molecule has 164 valence electrons. The second-order valence-corrected chi connectivity index (χ2v) is 7.15. The molecule has 0 bridgehead atoms. The number of rotatable bonds is 9. The van der Waals surface area contributed by atoms with E-state index in [1.165, 1.54) is 36.4 Å². The van der Waals surface area contributed by atoms with Crippen LogP contribution in [0.5, 0.6) is 0 Å². The molecule has 2 aromatic rings. The Morgan fingerprint density at radius 3 is 1.84 bits per heavy atom. The molecule has 0 aromatic heterocycles. The summed E-state index contributed by atoms with van der Waals surface area (Å²) in [6.45, 7) is -0.671. The Balaban J connectivity index is 2.09. The average Bonchev–Trinajstić information content (AvgIpc) is 2.77. The van der Waals surface area contributed by atoms with Gasteiger partial charge in [0.15, 0.2) is 0 Å². The molecule has 2 amide bonds. The standard InChI is InChI=1S/C20H20Cl2N4O5/c21-14-5-1-12(2-6-14)19(30)25-23-10-16(9-17(28)18(29)11-27)24-26-20(31)13-3-7-15(22)8-4-13/h1-8,10,17-18,27-29H,9,11H2,(H,25,30)(H,26,31)/b23-10+,24-16+. The minimum Gasteiger partial charge on any atom is -0.394 e. The lowest BCUT2D eigenvalue weighted by atomic mass is 10.1. The van der Waals surface area contributed by atoms with Crippen LogP contribution in [0, 0.1) is 0 Å². The number of benzene rings is 2. The van der Waals surface area contributed by atoms with Gasteiger partial charge in [0.05, 0.1) is 24.6 Å². The molecule has 0 spiro atoms. The predicted octanol–water partition coefficient (Wildman–Crippen LogP) is 1.60. The second-order valence-electron chi connectivity index (χ2n) is 6.28. The lowest BCUT2D eigenvalue weighted by Crippen LogP contribution is -2.33. The van der Waals surface area contributed by atoms with Crippen LogP contribution < -0.4 is 10.9 Å². The van der Waals surface area contributed by atoms with Crippen molar-refractivity contribution in [1.29, 1.82) is 0 Å². The van der Waals surface area contributed by atoms with Crippen molar-refractivity contribution in [2.45, 2.75) is 18.6 Å². The van der Waals surface area contributed by atoms with Gasteiger partial charge in [-0.25, -0.2) is 10.9 Å². The molecule has 0 saturated carbocycles.